The molecular formula is C8H16CdO2. The molecule has 0 amide bonds. The van der Waals surface area contributed by atoms with Crippen LogP contribution >= 0.6 is 0 Å². The van der Waals surface area contributed by atoms with E-state index in [-0.39, 0.29) is 33.2 Å². The number of hydrogen-bond acceptors (Lipinski definition) is 1. The normalized spacial score (nSPS) is 11.8. The van der Waals surface area contributed by atoms with Crippen LogP contribution in [0.25, 0.3) is 0 Å². The molecule has 2 nitrogen and oxygen atoms in total. The SMILES string of the molecule is CCCCC(CC)C(=O)O.[Cd]. The van der Waals surface area contributed by atoms with Gasteiger partial charge in [0.1, 0.15) is 0 Å². The van der Waals surface area contributed by atoms with E-state index >= 15 is 0 Å². The summed E-state index contributed by atoms with van der Waals surface area (Å²) in [4.78, 5) is 10.4. The van der Waals surface area contributed by atoms with E-state index in [0.717, 1.165) is 25.7 Å². The van der Waals surface area contributed by atoms with Crippen LogP contribution in [0.5, 0.6) is 0 Å². The van der Waals surface area contributed by atoms with Crippen molar-refractivity contribution in [1.29, 1.82) is 0 Å². The zero-order valence-corrected chi connectivity index (χ0v) is 11.5. The van der Waals surface area contributed by atoms with Crippen molar-refractivity contribution in [2.45, 2.75) is 39.5 Å². The number of unbranched alkanes of at least 4 members (excludes halogenated alkanes) is 1. The molecule has 0 bridgehead atoms. The maximum absolute atomic E-state index is 10.4. The van der Waals surface area contributed by atoms with Gasteiger partial charge in [-0.25, -0.2) is 0 Å². The minimum absolute atomic E-state index is 0. The van der Waals surface area contributed by atoms with E-state index < -0.39 is 5.97 Å². The molecule has 0 aliphatic carbocycles. The van der Waals surface area contributed by atoms with Crippen molar-refractivity contribution < 1.29 is 37.2 Å². The predicted molar refractivity (Wildman–Crippen MR) is 40.9 cm³/mol. The Balaban J connectivity index is 0. The van der Waals surface area contributed by atoms with Crippen LogP contribution in [0.4, 0.5) is 0 Å². The standard InChI is InChI=1S/C8H16O2.Cd/c1-3-5-6-7(4-2)8(9)10;/h7H,3-6H2,1-2H3,(H,9,10);. The number of aliphatic carboxylic acids is 1. The summed E-state index contributed by atoms with van der Waals surface area (Å²) in [7, 11) is 0. The molecule has 1 unspecified atom stereocenters. The first-order valence-corrected chi connectivity index (χ1v) is 3.95. The van der Waals surface area contributed by atoms with Gasteiger partial charge in [0, 0.05) is 27.3 Å². The summed E-state index contributed by atoms with van der Waals surface area (Å²) < 4.78 is 0. The molecule has 0 saturated carbocycles. The molecule has 0 heterocycles. The van der Waals surface area contributed by atoms with E-state index in [9.17, 15) is 4.79 Å². The molecule has 0 aromatic carbocycles. The van der Waals surface area contributed by atoms with Crippen molar-refractivity contribution in [3.63, 3.8) is 0 Å². The molecule has 0 aromatic heterocycles. The van der Waals surface area contributed by atoms with Crippen molar-refractivity contribution in [1.82, 2.24) is 0 Å². The smallest absolute Gasteiger partial charge is 0.306 e. The number of hydrogen-bond donors (Lipinski definition) is 1. The Morgan fingerprint density at radius 3 is 2.27 bits per heavy atom. The van der Waals surface area contributed by atoms with Gasteiger partial charge in [0.25, 0.3) is 0 Å². The molecule has 0 aliphatic heterocycles. The second kappa shape index (κ2) is 8.49. The van der Waals surface area contributed by atoms with Crippen molar-refractivity contribution in [3.05, 3.63) is 0 Å². The third kappa shape index (κ3) is 6.78. The third-order valence-electron chi connectivity index (χ3n) is 1.75. The van der Waals surface area contributed by atoms with Gasteiger partial charge in [-0.3, -0.25) is 4.79 Å². The summed E-state index contributed by atoms with van der Waals surface area (Å²) in [6.07, 6.45) is 3.71. The Kier molecular flexibility index (Phi) is 10.8. The molecule has 62 valence electrons. The maximum atomic E-state index is 10.4. The van der Waals surface area contributed by atoms with Crippen LogP contribution < -0.4 is 0 Å². The van der Waals surface area contributed by atoms with Gasteiger partial charge in [-0.2, -0.15) is 0 Å². The largest absolute Gasteiger partial charge is 0.481 e. The zero-order valence-electron chi connectivity index (χ0n) is 7.47. The van der Waals surface area contributed by atoms with Crippen LogP contribution in [-0.4, -0.2) is 11.1 Å². The Hall–Kier alpha value is 0.392. The number of carboxylic acids is 1. The van der Waals surface area contributed by atoms with Gasteiger partial charge in [0.2, 0.25) is 0 Å². The van der Waals surface area contributed by atoms with Crippen LogP contribution in [0, 0.1) is 5.92 Å². The van der Waals surface area contributed by atoms with Crippen molar-refractivity contribution in [2.24, 2.45) is 5.92 Å². The van der Waals surface area contributed by atoms with E-state index in [1.165, 1.54) is 0 Å². The first-order chi connectivity index (χ1) is 4.72. The fourth-order valence-electron chi connectivity index (χ4n) is 0.953. The van der Waals surface area contributed by atoms with Gasteiger partial charge in [-0.1, -0.05) is 26.7 Å². The van der Waals surface area contributed by atoms with E-state index in [0.29, 0.717) is 0 Å². The summed E-state index contributed by atoms with van der Waals surface area (Å²) in [6.45, 7) is 4.00. The minimum Gasteiger partial charge on any atom is -0.481 e. The zero-order chi connectivity index (χ0) is 7.98. The fraction of sp³-hybridized carbons (Fsp3) is 0.875. The van der Waals surface area contributed by atoms with Crippen molar-refractivity contribution in [2.75, 3.05) is 0 Å². The van der Waals surface area contributed by atoms with Gasteiger partial charge >= 0.3 is 5.97 Å². The van der Waals surface area contributed by atoms with Crippen LogP contribution in [-0.2, 0) is 32.1 Å². The third-order valence-corrected chi connectivity index (χ3v) is 1.75. The van der Waals surface area contributed by atoms with Gasteiger partial charge < -0.3 is 5.11 Å². The van der Waals surface area contributed by atoms with Crippen LogP contribution in [0.15, 0.2) is 0 Å². The average molecular weight is 257 g/mol. The molecule has 0 rings (SSSR count). The summed E-state index contributed by atoms with van der Waals surface area (Å²) in [5, 5.41) is 8.60. The maximum Gasteiger partial charge on any atom is 0.306 e. The summed E-state index contributed by atoms with van der Waals surface area (Å²) in [5.41, 5.74) is 0. The monoisotopic (exact) mass is 258 g/mol. The predicted octanol–water partition coefficient (Wildman–Crippen LogP) is 2.28. The second-order valence-corrected chi connectivity index (χ2v) is 2.59. The molecule has 0 spiro atoms. The van der Waals surface area contributed by atoms with Gasteiger partial charge in [0.05, 0.1) is 5.92 Å². The average Bonchev–Trinajstić information content (AvgIpc) is 1.89. The molecule has 0 fully saturated rings. The molecule has 0 aromatic rings. The molecular weight excluding hydrogens is 240 g/mol. The van der Waals surface area contributed by atoms with Gasteiger partial charge in [-0.05, 0) is 12.8 Å². The van der Waals surface area contributed by atoms with E-state index in [4.69, 9.17) is 5.11 Å². The Morgan fingerprint density at radius 1 is 1.45 bits per heavy atom. The molecule has 1 atom stereocenters. The second-order valence-electron chi connectivity index (χ2n) is 2.59. The topological polar surface area (TPSA) is 37.3 Å². The molecule has 0 radical (unpaired) electrons. The number of carboxylic acid groups (broad SMARTS) is 1. The Bertz CT molecular complexity index is 104. The van der Waals surface area contributed by atoms with Gasteiger partial charge in [0.15, 0.2) is 0 Å². The molecule has 3 heteroatoms. The Morgan fingerprint density at radius 2 is 2.00 bits per heavy atom. The van der Waals surface area contributed by atoms with Crippen LogP contribution in [0.1, 0.15) is 39.5 Å². The molecule has 0 saturated heterocycles. The Labute approximate surface area is 88.5 Å². The van der Waals surface area contributed by atoms with Gasteiger partial charge in [-0.15, -0.1) is 0 Å². The molecule has 1 N–H and O–H groups in total. The van der Waals surface area contributed by atoms with E-state index in [2.05, 4.69) is 6.92 Å². The molecule has 0 aliphatic rings. The summed E-state index contributed by atoms with van der Waals surface area (Å²) in [5.74, 6) is -0.754. The first-order valence-electron chi connectivity index (χ1n) is 3.95. The summed E-state index contributed by atoms with van der Waals surface area (Å²) in [6, 6.07) is 0. The van der Waals surface area contributed by atoms with Crippen LogP contribution in [0.3, 0.4) is 0 Å². The minimum atomic E-state index is -0.643. The van der Waals surface area contributed by atoms with Crippen LogP contribution in [0.2, 0.25) is 0 Å². The summed E-state index contributed by atoms with van der Waals surface area (Å²) >= 11 is 0. The van der Waals surface area contributed by atoms with Crippen molar-refractivity contribution >= 4 is 5.97 Å². The van der Waals surface area contributed by atoms with E-state index in [1.54, 1.807) is 0 Å². The first kappa shape index (κ1) is 13.9. The fourth-order valence-corrected chi connectivity index (χ4v) is 0.953. The quantitative estimate of drug-likeness (QED) is 0.767. The molecule has 11 heavy (non-hydrogen) atoms. The van der Waals surface area contributed by atoms with Crippen molar-refractivity contribution in [3.8, 4) is 0 Å². The van der Waals surface area contributed by atoms with E-state index in [1.807, 2.05) is 6.92 Å². The number of rotatable bonds is 5. The number of carbonyl (C=O) groups is 1.